The van der Waals surface area contributed by atoms with E-state index >= 15 is 0 Å². The molecule has 108 valence electrons. The molecule has 0 bridgehead atoms. The van der Waals surface area contributed by atoms with Gasteiger partial charge in [-0.2, -0.15) is 0 Å². The van der Waals surface area contributed by atoms with Crippen molar-refractivity contribution < 1.29 is 14.8 Å². The molecule has 2 aromatic carbocycles. The molecule has 0 radical (unpaired) electrons. The quantitative estimate of drug-likeness (QED) is 0.675. The third-order valence-corrected chi connectivity index (χ3v) is 3.48. The number of benzene rings is 2. The van der Waals surface area contributed by atoms with E-state index in [1.54, 1.807) is 0 Å². The number of carbonyl (C=O) groups is 1. The summed E-state index contributed by atoms with van der Waals surface area (Å²) in [7, 11) is 0. The number of non-ortho nitro benzene ring substituents is 1. The fourth-order valence-corrected chi connectivity index (χ4v) is 2.40. The van der Waals surface area contributed by atoms with E-state index in [1.807, 2.05) is 30.3 Å². The second-order valence-electron chi connectivity index (χ2n) is 4.54. The first-order valence-corrected chi connectivity index (χ1v) is 6.57. The molecule has 0 aliphatic heterocycles. The second-order valence-corrected chi connectivity index (χ2v) is 4.95. The minimum Gasteiger partial charge on any atom is -0.481 e. The van der Waals surface area contributed by atoms with Crippen molar-refractivity contribution >= 4 is 23.3 Å². The molecular weight excluding hydrogens is 294 g/mol. The van der Waals surface area contributed by atoms with Crippen LogP contribution in [0.25, 0.3) is 0 Å². The molecule has 21 heavy (non-hydrogen) atoms. The van der Waals surface area contributed by atoms with Crippen molar-refractivity contribution in [1.29, 1.82) is 0 Å². The first-order chi connectivity index (χ1) is 9.99. The summed E-state index contributed by atoms with van der Waals surface area (Å²) in [5.74, 6) is -1.87. The predicted octanol–water partition coefficient (Wildman–Crippen LogP) is 3.66. The Hall–Kier alpha value is -2.40. The standard InChI is InChI=1S/C15H12ClNO4/c16-14-9-11(17(20)21)6-7-12(14)13(15(18)19)8-10-4-2-1-3-5-10/h1-7,9,13H,8H2,(H,18,19). The van der Waals surface area contributed by atoms with Crippen LogP contribution in [0.2, 0.25) is 5.02 Å². The minimum atomic E-state index is -1.02. The number of hydrogen-bond acceptors (Lipinski definition) is 3. The van der Waals surface area contributed by atoms with Crippen LogP contribution in [-0.4, -0.2) is 16.0 Å². The van der Waals surface area contributed by atoms with Gasteiger partial charge in [0.1, 0.15) is 0 Å². The molecule has 1 atom stereocenters. The van der Waals surface area contributed by atoms with Crippen LogP contribution in [0.15, 0.2) is 48.5 Å². The molecule has 5 nitrogen and oxygen atoms in total. The summed E-state index contributed by atoms with van der Waals surface area (Å²) in [6.45, 7) is 0. The largest absolute Gasteiger partial charge is 0.481 e. The van der Waals surface area contributed by atoms with Gasteiger partial charge in [0.15, 0.2) is 0 Å². The Kier molecular flexibility index (Phi) is 4.55. The molecule has 2 rings (SSSR count). The molecule has 1 unspecified atom stereocenters. The average molecular weight is 306 g/mol. The molecule has 0 saturated heterocycles. The Morgan fingerprint density at radius 2 is 1.90 bits per heavy atom. The van der Waals surface area contributed by atoms with Crippen LogP contribution in [-0.2, 0) is 11.2 Å². The zero-order valence-electron chi connectivity index (χ0n) is 10.9. The smallest absolute Gasteiger partial charge is 0.311 e. The molecule has 0 heterocycles. The number of hydrogen-bond donors (Lipinski definition) is 1. The molecule has 0 aliphatic carbocycles. The zero-order valence-corrected chi connectivity index (χ0v) is 11.7. The van der Waals surface area contributed by atoms with Crippen molar-refractivity contribution in [3.63, 3.8) is 0 Å². The van der Waals surface area contributed by atoms with Crippen LogP contribution in [0.5, 0.6) is 0 Å². The molecule has 2 aromatic rings. The molecule has 0 aliphatic rings. The Balaban J connectivity index is 2.35. The highest BCUT2D eigenvalue weighted by atomic mass is 35.5. The number of carboxylic acids is 1. The maximum atomic E-state index is 11.5. The molecule has 6 heteroatoms. The molecule has 0 aromatic heterocycles. The van der Waals surface area contributed by atoms with Crippen LogP contribution < -0.4 is 0 Å². The van der Waals surface area contributed by atoms with Crippen molar-refractivity contribution in [2.45, 2.75) is 12.3 Å². The lowest BCUT2D eigenvalue weighted by Gasteiger charge is -2.14. The number of carboxylic acid groups (broad SMARTS) is 1. The number of nitro groups is 1. The first kappa shape index (κ1) is 15.0. The maximum absolute atomic E-state index is 11.5. The second kappa shape index (κ2) is 6.37. The normalized spacial score (nSPS) is 11.9. The number of rotatable bonds is 5. The fourth-order valence-electron chi connectivity index (χ4n) is 2.09. The van der Waals surface area contributed by atoms with Gasteiger partial charge in [-0.05, 0) is 23.6 Å². The first-order valence-electron chi connectivity index (χ1n) is 6.19. The minimum absolute atomic E-state index is 0.0903. The zero-order chi connectivity index (χ0) is 15.4. The van der Waals surface area contributed by atoms with Gasteiger partial charge in [0, 0.05) is 12.1 Å². The van der Waals surface area contributed by atoms with Crippen LogP contribution >= 0.6 is 11.6 Å². The summed E-state index contributed by atoms with van der Waals surface area (Å²) >= 11 is 6.01. The van der Waals surface area contributed by atoms with Gasteiger partial charge in [-0.1, -0.05) is 41.9 Å². The van der Waals surface area contributed by atoms with E-state index in [2.05, 4.69) is 0 Å². The van der Waals surface area contributed by atoms with E-state index in [1.165, 1.54) is 18.2 Å². The summed E-state index contributed by atoms with van der Waals surface area (Å²) in [6.07, 6.45) is 0.272. The van der Waals surface area contributed by atoms with Gasteiger partial charge >= 0.3 is 5.97 Å². The van der Waals surface area contributed by atoms with E-state index in [9.17, 15) is 20.0 Å². The predicted molar refractivity (Wildman–Crippen MR) is 78.6 cm³/mol. The molecular formula is C15H12ClNO4. The number of nitro benzene ring substituents is 1. The summed E-state index contributed by atoms with van der Waals surface area (Å²) in [6, 6.07) is 13.0. The number of aliphatic carboxylic acids is 1. The van der Waals surface area contributed by atoms with Gasteiger partial charge in [0.25, 0.3) is 5.69 Å². The average Bonchev–Trinajstić information content (AvgIpc) is 2.46. The van der Waals surface area contributed by atoms with Gasteiger partial charge < -0.3 is 5.11 Å². The molecule has 0 spiro atoms. The van der Waals surface area contributed by atoms with E-state index in [4.69, 9.17) is 11.6 Å². The molecule has 0 amide bonds. The maximum Gasteiger partial charge on any atom is 0.311 e. The summed E-state index contributed by atoms with van der Waals surface area (Å²) in [4.78, 5) is 21.6. The van der Waals surface area contributed by atoms with E-state index in [0.29, 0.717) is 5.56 Å². The Morgan fingerprint density at radius 1 is 1.24 bits per heavy atom. The molecule has 1 N–H and O–H groups in total. The Bertz CT molecular complexity index is 673. The van der Waals surface area contributed by atoms with Crippen molar-refractivity contribution in [3.8, 4) is 0 Å². The highest BCUT2D eigenvalue weighted by molar-refractivity contribution is 6.31. The Morgan fingerprint density at radius 3 is 2.43 bits per heavy atom. The van der Waals surface area contributed by atoms with Crippen LogP contribution in [0.1, 0.15) is 17.0 Å². The topological polar surface area (TPSA) is 80.4 Å². The van der Waals surface area contributed by atoms with Gasteiger partial charge in [-0.3, -0.25) is 14.9 Å². The van der Waals surface area contributed by atoms with Crippen molar-refractivity contribution in [3.05, 3.63) is 74.8 Å². The molecule has 0 saturated carbocycles. The lowest BCUT2D eigenvalue weighted by atomic mass is 9.92. The summed E-state index contributed by atoms with van der Waals surface area (Å²) < 4.78 is 0. The van der Waals surface area contributed by atoms with Gasteiger partial charge in [-0.15, -0.1) is 0 Å². The van der Waals surface area contributed by atoms with Crippen molar-refractivity contribution in [1.82, 2.24) is 0 Å². The van der Waals surface area contributed by atoms with Gasteiger partial charge in [0.2, 0.25) is 0 Å². The van der Waals surface area contributed by atoms with E-state index in [0.717, 1.165) is 5.56 Å². The van der Waals surface area contributed by atoms with E-state index < -0.39 is 16.8 Å². The van der Waals surface area contributed by atoms with Crippen LogP contribution in [0, 0.1) is 10.1 Å². The van der Waals surface area contributed by atoms with Gasteiger partial charge in [-0.25, -0.2) is 0 Å². The van der Waals surface area contributed by atoms with Gasteiger partial charge in [0.05, 0.1) is 15.9 Å². The van der Waals surface area contributed by atoms with Crippen LogP contribution in [0.3, 0.4) is 0 Å². The summed E-state index contributed by atoms with van der Waals surface area (Å²) in [5, 5.41) is 20.2. The highest BCUT2D eigenvalue weighted by Crippen LogP contribution is 2.31. The third kappa shape index (κ3) is 3.58. The summed E-state index contributed by atoms with van der Waals surface area (Å²) in [5.41, 5.74) is 1.07. The number of nitrogens with zero attached hydrogens (tertiary/aromatic N) is 1. The third-order valence-electron chi connectivity index (χ3n) is 3.15. The van der Waals surface area contributed by atoms with E-state index in [-0.39, 0.29) is 17.1 Å². The number of halogens is 1. The lowest BCUT2D eigenvalue weighted by molar-refractivity contribution is -0.384. The highest BCUT2D eigenvalue weighted by Gasteiger charge is 2.24. The van der Waals surface area contributed by atoms with Crippen LogP contribution in [0.4, 0.5) is 5.69 Å². The SMILES string of the molecule is O=C(O)C(Cc1ccccc1)c1ccc([N+](=O)[O-])cc1Cl. The lowest BCUT2D eigenvalue weighted by Crippen LogP contribution is -2.15. The molecule has 0 fully saturated rings. The van der Waals surface area contributed by atoms with Crippen molar-refractivity contribution in [2.75, 3.05) is 0 Å². The fraction of sp³-hybridized carbons (Fsp3) is 0.133. The van der Waals surface area contributed by atoms with Crippen molar-refractivity contribution in [2.24, 2.45) is 0 Å². The monoisotopic (exact) mass is 305 g/mol. The Labute approximate surface area is 125 Å².